The molecule has 0 saturated carbocycles. The number of carbonyl (C=O) groups is 1. The molecule has 0 saturated heterocycles. The van der Waals surface area contributed by atoms with Crippen LogP contribution < -0.4 is 4.90 Å². The predicted molar refractivity (Wildman–Crippen MR) is 235 cm³/mol. The highest BCUT2D eigenvalue weighted by molar-refractivity contribution is 6.12. The summed E-state index contributed by atoms with van der Waals surface area (Å²) in [5.74, 6) is 0.174. The fourth-order valence-electron chi connectivity index (χ4n) is 10.1. The second-order valence-corrected chi connectivity index (χ2v) is 16.1. The number of fused-ring (bicyclic) bond motifs is 4. The minimum atomic E-state index is -0.527. The zero-order valence-corrected chi connectivity index (χ0v) is 33.0. The Balaban J connectivity index is 1.28. The van der Waals surface area contributed by atoms with Crippen molar-refractivity contribution in [3.05, 3.63) is 202 Å². The van der Waals surface area contributed by atoms with E-state index >= 15 is 0 Å². The van der Waals surface area contributed by atoms with Gasteiger partial charge < -0.3 is 4.90 Å². The number of aldehydes is 1. The molecule has 0 heterocycles. The predicted octanol–water partition coefficient (Wildman–Crippen LogP) is 13.1. The standard InChI is InChI=1S/C54H43N3O/c1-4-10-49-48(35-58)47-30-28-43(31-51(47)53(49,2)3)57(42-25-19-39(20-26-42)38-11-6-5-7-12-38)44-27-29-46-45-13-8-9-14-50(45)54(52(46)32-44,40-21-15-36(33-55)16-22-40)41-23-17-37(34-56)18-24-41/h4-17,19-22,25-32,35,41H,18,23-24H2,1-3H3/b10-4-. The van der Waals surface area contributed by atoms with Crippen LogP contribution in [-0.2, 0) is 15.6 Å². The Morgan fingerprint density at radius 1 is 0.672 bits per heavy atom. The average molecular weight is 750 g/mol. The van der Waals surface area contributed by atoms with Gasteiger partial charge >= 0.3 is 0 Å². The van der Waals surface area contributed by atoms with Gasteiger partial charge in [0, 0.05) is 39.0 Å². The molecule has 6 aromatic carbocycles. The molecule has 0 spiro atoms. The maximum atomic E-state index is 12.6. The van der Waals surface area contributed by atoms with Gasteiger partial charge in [0.25, 0.3) is 0 Å². The van der Waals surface area contributed by atoms with E-state index in [1.54, 1.807) is 0 Å². The van der Waals surface area contributed by atoms with Crippen LogP contribution in [0.25, 0.3) is 27.8 Å². The Labute approximate surface area is 341 Å². The molecule has 2 unspecified atom stereocenters. The van der Waals surface area contributed by atoms with Crippen LogP contribution in [0.2, 0.25) is 0 Å². The zero-order chi connectivity index (χ0) is 40.0. The largest absolute Gasteiger partial charge is 0.310 e. The number of hydrogen-bond acceptors (Lipinski definition) is 4. The van der Waals surface area contributed by atoms with Gasteiger partial charge in [0.15, 0.2) is 6.29 Å². The van der Waals surface area contributed by atoms with Crippen molar-refractivity contribution < 1.29 is 4.79 Å². The first kappa shape index (κ1) is 36.6. The number of carbonyl (C=O) groups excluding carboxylic acids is 1. The third kappa shape index (κ3) is 5.68. The number of nitrogens with zero attached hydrogens (tertiary/aromatic N) is 3. The molecule has 9 rings (SSSR count). The lowest BCUT2D eigenvalue weighted by Crippen LogP contribution is -2.37. The second kappa shape index (κ2) is 14.5. The Kier molecular flexibility index (Phi) is 9.15. The van der Waals surface area contributed by atoms with Crippen LogP contribution >= 0.6 is 0 Å². The van der Waals surface area contributed by atoms with Crippen LogP contribution in [0.15, 0.2) is 169 Å². The lowest BCUT2D eigenvalue weighted by molar-refractivity contribution is -0.103. The van der Waals surface area contributed by atoms with Gasteiger partial charge in [-0.1, -0.05) is 123 Å². The molecule has 0 N–H and O–H groups in total. The normalized spacial score (nSPS) is 18.8. The van der Waals surface area contributed by atoms with Crippen LogP contribution in [0.1, 0.15) is 73.4 Å². The first-order valence-electron chi connectivity index (χ1n) is 20.1. The summed E-state index contributed by atoms with van der Waals surface area (Å²) >= 11 is 0. The topological polar surface area (TPSA) is 67.9 Å². The molecule has 0 bridgehead atoms. The van der Waals surface area contributed by atoms with E-state index in [0.29, 0.717) is 5.56 Å². The summed E-state index contributed by atoms with van der Waals surface area (Å²) in [5, 5.41) is 19.7. The first-order valence-corrected chi connectivity index (χ1v) is 20.1. The van der Waals surface area contributed by atoms with Gasteiger partial charge in [-0.3, -0.25) is 4.79 Å². The van der Waals surface area contributed by atoms with Crippen molar-refractivity contribution >= 4 is 28.9 Å². The lowest BCUT2D eigenvalue weighted by atomic mass is 9.60. The van der Waals surface area contributed by atoms with Crippen LogP contribution in [0.4, 0.5) is 17.1 Å². The quantitative estimate of drug-likeness (QED) is 0.145. The molecule has 3 aliphatic rings. The van der Waals surface area contributed by atoms with Gasteiger partial charge in [-0.2, -0.15) is 10.5 Å². The maximum Gasteiger partial charge on any atom is 0.150 e. The molecular weight excluding hydrogens is 707 g/mol. The SMILES string of the molecule is C/C=C\C1=C(C=O)c2ccc(N(c3ccc(-c4ccccc4)cc3)c3ccc4c(c3)C(c3ccc(C#N)cc3)(C3CC=C(C#N)CC3)c3ccccc3-4)cc2C1(C)C. The van der Waals surface area contributed by atoms with Crippen LogP contribution in [0.5, 0.6) is 0 Å². The molecule has 0 aromatic heterocycles. The smallest absolute Gasteiger partial charge is 0.150 e. The third-order valence-corrected chi connectivity index (χ3v) is 12.8. The molecule has 0 aliphatic heterocycles. The molecule has 58 heavy (non-hydrogen) atoms. The molecule has 0 radical (unpaired) electrons. The molecule has 4 nitrogen and oxygen atoms in total. The second-order valence-electron chi connectivity index (χ2n) is 16.1. The number of anilines is 3. The number of rotatable bonds is 8. The van der Waals surface area contributed by atoms with E-state index in [4.69, 9.17) is 0 Å². The average Bonchev–Trinajstić information content (AvgIpc) is 3.69. The Morgan fingerprint density at radius 3 is 1.97 bits per heavy atom. The van der Waals surface area contributed by atoms with Gasteiger partial charge in [0.2, 0.25) is 0 Å². The summed E-state index contributed by atoms with van der Waals surface area (Å²) < 4.78 is 0. The monoisotopic (exact) mass is 749 g/mol. The summed E-state index contributed by atoms with van der Waals surface area (Å²) in [6.45, 7) is 6.40. The van der Waals surface area contributed by atoms with E-state index < -0.39 is 5.41 Å². The van der Waals surface area contributed by atoms with E-state index in [-0.39, 0.29) is 11.3 Å². The van der Waals surface area contributed by atoms with Crippen LogP contribution in [-0.4, -0.2) is 6.29 Å². The lowest BCUT2D eigenvalue weighted by Gasteiger charge is -2.42. The van der Waals surface area contributed by atoms with E-state index in [1.165, 1.54) is 22.3 Å². The molecule has 3 aliphatic carbocycles. The fourth-order valence-corrected chi connectivity index (χ4v) is 10.1. The van der Waals surface area contributed by atoms with Crippen LogP contribution in [0, 0.1) is 28.6 Å². The molecule has 280 valence electrons. The van der Waals surface area contributed by atoms with Crippen molar-refractivity contribution in [2.75, 3.05) is 4.90 Å². The summed E-state index contributed by atoms with van der Waals surface area (Å²) in [6.07, 6.45) is 9.59. The molecule has 2 atom stereocenters. The first-order chi connectivity index (χ1) is 28.3. The Bertz CT molecular complexity index is 2770. The minimum Gasteiger partial charge on any atom is -0.310 e. The van der Waals surface area contributed by atoms with Gasteiger partial charge in [0.1, 0.15) is 0 Å². The summed E-state index contributed by atoms with van der Waals surface area (Å²) in [7, 11) is 0. The number of hydrogen-bond donors (Lipinski definition) is 0. The minimum absolute atomic E-state index is 0.174. The van der Waals surface area contributed by atoms with Gasteiger partial charge in [0.05, 0.1) is 17.7 Å². The third-order valence-electron chi connectivity index (χ3n) is 12.8. The van der Waals surface area contributed by atoms with Crippen molar-refractivity contribution in [2.24, 2.45) is 5.92 Å². The van der Waals surface area contributed by atoms with E-state index in [1.807, 2.05) is 31.2 Å². The highest BCUT2D eigenvalue weighted by Crippen LogP contribution is 2.60. The Hall–Kier alpha value is -7.01. The summed E-state index contributed by atoms with van der Waals surface area (Å²) in [4.78, 5) is 14.9. The maximum absolute atomic E-state index is 12.6. The van der Waals surface area contributed by atoms with Crippen molar-refractivity contribution in [1.29, 1.82) is 10.5 Å². The van der Waals surface area contributed by atoms with Crippen molar-refractivity contribution in [1.82, 2.24) is 0 Å². The zero-order valence-electron chi connectivity index (χ0n) is 33.0. The molecule has 4 heteroatoms. The van der Waals surface area contributed by atoms with Gasteiger partial charge in [-0.25, -0.2) is 0 Å². The molecule has 0 fully saturated rings. The van der Waals surface area contributed by atoms with Gasteiger partial charge in [-0.15, -0.1) is 0 Å². The number of benzene rings is 6. The highest BCUT2D eigenvalue weighted by atomic mass is 16.1. The fraction of sp³-hybridized carbons (Fsp3) is 0.167. The highest BCUT2D eigenvalue weighted by Gasteiger charge is 2.50. The van der Waals surface area contributed by atoms with E-state index in [2.05, 4.69) is 164 Å². The van der Waals surface area contributed by atoms with Crippen molar-refractivity contribution in [3.8, 4) is 34.4 Å². The molecular formula is C54H43N3O. The van der Waals surface area contributed by atoms with Crippen molar-refractivity contribution in [2.45, 2.75) is 50.9 Å². The summed E-state index contributed by atoms with van der Waals surface area (Å²) in [6, 6.07) is 54.4. The molecule has 6 aromatic rings. The summed E-state index contributed by atoms with van der Waals surface area (Å²) in [5.41, 5.74) is 15.8. The van der Waals surface area contributed by atoms with Crippen LogP contribution in [0.3, 0.4) is 0 Å². The Morgan fingerprint density at radius 2 is 1.31 bits per heavy atom. The number of allylic oxidation sites excluding steroid dienone is 6. The van der Waals surface area contributed by atoms with Gasteiger partial charge in [-0.05, 0) is 136 Å². The van der Waals surface area contributed by atoms with E-state index in [9.17, 15) is 15.3 Å². The number of nitriles is 2. The van der Waals surface area contributed by atoms with Crippen molar-refractivity contribution in [3.63, 3.8) is 0 Å². The molecule has 0 amide bonds. The van der Waals surface area contributed by atoms with E-state index in [0.717, 1.165) is 87.1 Å².